The first-order chi connectivity index (χ1) is 8.00. The van der Waals surface area contributed by atoms with Crippen molar-refractivity contribution in [2.45, 2.75) is 6.92 Å². The van der Waals surface area contributed by atoms with Gasteiger partial charge in [-0.15, -0.1) is 0 Å². The van der Waals surface area contributed by atoms with Gasteiger partial charge in [-0.2, -0.15) is 0 Å². The Morgan fingerprint density at radius 3 is 2.76 bits per heavy atom. The van der Waals surface area contributed by atoms with Gasteiger partial charge >= 0.3 is 5.97 Å². The van der Waals surface area contributed by atoms with E-state index in [1.807, 2.05) is 0 Å². The number of esters is 1. The van der Waals surface area contributed by atoms with Gasteiger partial charge < -0.3 is 4.74 Å². The van der Waals surface area contributed by atoms with Crippen molar-refractivity contribution in [3.05, 3.63) is 52.0 Å². The minimum absolute atomic E-state index is 0.185. The zero-order chi connectivity index (χ0) is 12.8. The molecule has 0 aliphatic carbocycles. The lowest BCUT2D eigenvalue weighted by Crippen LogP contribution is -2.04. The van der Waals surface area contributed by atoms with Crippen LogP contribution >= 0.6 is 23.2 Å². The average molecular weight is 271 g/mol. The van der Waals surface area contributed by atoms with Crippen LogP contribution in [-0.2, 0) is 9.53 Å². The number of hydrogen-bond acceptors (Lipinski definition) is 2. The largest absolute Gasteiger partial charge is 0.458 e. The minimum atomic E-state index is -0.406. The van der Waals surface area contributed by atoms with Crippen molar-refractivity contribution >= 4 is 35.2 Å². The van der Waals surface area contributed by atoms with Crippen molar-refractivity contribution in [2.75, 3.05) is 6.61 Å². The van der Waals surface area contributed by atoms with Gasteiger partial charge in [0.1, 0.15) is 6.61 Å². The summed E-state index contributed by atoms with van der Waals surface area (Å²) in [6.07, 6.45) is 3.47. The van der Waals surface area contributed by atoms with Crippen molar-refractivity contribution in [1.82, 2.24) is 0 Å². The molecule has 0 saturated heterocycles. The van der Waals surface area contributed by atoms with Crippen LogP contribution in [0.4, 0.5) is 0 Å². The molecule has 0 amide bonds. The summed E-state index contributed by atoms with van der Waals surface area (Å²) in [6, 6.07) is 5.19. The maximum absolute atomic E-state index is 11.1. The summed E-state index contributed by atoms with van der Waals surface area (Å²) in [6.45, 7) is 5.27. The first-order valence-corrected chi connectivity index (χ1v) is 5.70. The molecule has 0 unspecified atom stereocenters. The standard InChI is InChI=1S/C13H12Cl2O2/c1-9(2)13(16)17-7-3-4-10-5-6-11(14)8-12(10)15/h3-6,8H,1,7H2,2H3/b4-3+. The van der Waals surface area contributed by atoms with E-state index < -0.39 is 5.97 Å². The van der Waals surface area contributed by atoms with E-state index >= 15 is 0 Å². The Hall–Kier alpha value is -1.25. The van der Waals surface area contributed by atoms with Gasteiger partial charge in [-0.25, -0.2) is 4.79 Å². The summed E-state index contributed by atoms with van der Waals surface area (Å²) in [7, 11) is 0. The van der Waals surface area contributed by atoms with E-state index in [4.69, 9.17) is 27.9 Å². The van der Waals surface area contributed by atoms with Crippen molar-refractivity contribution in [3.63, 3.8) is 0 Å². The SMILES string of the molecule is C=C(C)C(=O)OC/C=C/c1ccc(Cl)cc1Cl. The topological polar surface area (TPSA) is 26.3 Å². The van der Waals surface area contributed by atoms with Crippen LogP contribution in [0.15, 0.2) is 36.4 Å². The van der Waals surface area contributed by atoms with Gasteiger partial charge in [0.05, 0.1) is 0 Å². The highest BCUT2D eigenvalue weighted by molar-refractivity contribution is 6.35. The fourth-order valence-electron chi connectivity index (χ4n) is 1.06. The second-order valence-corrected chi connectivity index (χ2v) is 4.29. The van der Waals surface area contributed by atoms with Crippen molar-refractivity contribution in [3.8, 4) is 0 Å². The molecule has 0 bridgehead atoms. The molecule has 4 heteroatoms. The molecule has 2 nitrogen and oxygen atoms in total. The molecule has 0 atom stereocenters. The Labute approximate surface area is 110 Å². The molecule has 0 saturated carbocycles. The first-order valence-electron chi connectivity index (χ1n) is 4.95. The molecule has 1 aromatic rings. The lowest BCUT2D eigenvalue weighted by atomic mass is 10.2. The van der Waals surface area contributed by atoms with Crippen molar-refractivity contribution in [2.24, 2.45) is 0 Å². The summed E-state index contributed by atoms with van der Waals surface area (Å²) in [4.78, 5) is 11.1. The van der Waals surface area contributed by atoms with Crippen LogP contribution in [0, 0.1) is 0 Å². The predicted octanol–water partition coefficient (Wildman–Crippen LogP) is 4.13. The van der Waals surface area contributed by atoms with Gasteiger partial charge in [-0.3, -0.25) is 0 Å². The quantitative estimate of drug-likeness (QED) is 0.608. The normalized spacial score (nSPS) is 10.5. The van der Waals surface area contributed by atoms with Crippen molar-refractivity contribution in [1.29, 1.82) is 0 Å². The number of ether oxygens (including phenoxy) is 1. The third kappa shape index (κ3) is 4.63. The molecule has 0 N–H and O–H groups in total. The van der Waals surface area contributed by atoms with Crippen LogP contribution in [0.5, 0.6) is 0 Å². The van der Waals surface area contributed by atoms with Crippen LogP contribution in [0.25, 0.3) is 6.08 Å². The van der Waals surface area contributed by atoms with E-state index in [9.17, 15) is 4.79 Å². The van der Waals surface area contributed by atoms with Crippen LogP contribution in [-0.4, -0.2) is 12.6 Å². The predicted molar refractivity (Wildman–Crippen MR) is 71.3 cm³/mol. The van der Waals surface area contributed by atoms with Crippen LogP contribution in [0.1, 0.15) is 12.5 Å². The number of hydrogen-bond donors (Lipinski definition) is 0. The van der Waals surface area contributed by atoms with Gasteiger partial charge in [0.2, 0.25) is 0 Å². The van der Waals surface area contributed by atoms with Gasteiger partial charge in [0, 0.05) is 15.6 Å². The maximum atomic E-state index is 11.1. The summed E-state index contributed by atoms with van der Waals surface area (Å²) >= 11 is 11.7. The van der Waals surface area contributed by atoms with E-state index in [0.29, 0.717) is 15.6 Å². The lowest BCUT2D eigenvalue weighted by Gasteiger charge is -2.01. The second kappa shape index (κ2) is 6.48. The highest BCUT2D eigenvalue weighted by atomic mass is 35.5. The molecular formula is C13H12Cl2O2. The summed E-state index contributed by atoms with van der Waals surface area (Å²) in [5, 5.41) is 1.14. The maximum Gasteiger partial charge on any atom is 0.333 e. The van der Waals surface area contributed by atoms with Crippen molar-refractivity contribution < 1.29 is 9.53 Å². The van der Waals surface area contributed by atoms with E-state index in [0.717, 1.165) is 5.56 Å². The lowest BCUT2D eigenvalue weighted by molar-refractivity contribution is -0.137. The highest BCUT2D eigenvalue weighted by Crippen LogP contribution is 2.21. The molecule has 90 valence electrons. The molecule has 1 rings (SSSR count). The molecule has 0 heterocycles. The smallest absolute Gasteiger partial charge is 0.333 e. The molecule has 17 heavy (non-hydrogen) atoms. The molecule has 0 aliphatic heterocycles. The average Bonchev–Trinajstić information content (AvgIpc) is 2.26. The monoisotopic (exact) mass is 270 g/mol. The van der Waals surface area contributed by atoms with Gasteiger partial charge in [0.25, 0.3) is 0 Å². The molecule has 0 fully saturated rings. The number of benzene rings is 1. The summed E-state index contributed by atoms with van der Waals surface area (Å²) in [5.41, 5.74) is 1.20. The molecule has 0 aromatic heterocycles. The molecule has 0 radical (unpaired) electrons. The Morgan fingerprint density at radius 1 is 1.47 bits per heavy atom. The van der Waals surface area contributed by atoms with Gasteiger partial charge in [0.15, 0.2) is 0 Å². The number of halogens is 2. The zero-order valence-corrected chi connectivity index (χ0v) is 10.9. The molecular weight excluding hydrogens is 259 g/mol. The highest BCUT2D eigenvalue weighted by Gasteiger charge is 2.00. The fourth-order valence-corrected chi connectivity index (χ4v) is 1.53. The third-order valence-electron chi connectivity index (χ3n) is 1.92. The van der Waals surface area contributed by atoms with Gasteiger partial charge in [-0.05, 0) is 30.7 Å². The Bertz CT molecular complexity index is 464. The Balaban J connectivity index is 2.54. The van der Waals surface area contributed by atoms with Crippen LogP contribution < -0.4 is 0 Å². The van der Waals surface area contributed by atoms with E-state index in [2.05, 4.69) is 6.58 Å². The van der Waals surface area contributed by atoms with E-state index in [-0.39, 0.29) is 6.61 Å². The molecule has 0 spiro atoms. The fraction of sp³-hybridized carbons (Fsp3) is 0.154. The Morgan fingerprint density at radius 2 is 2.18 bits per heavy atom. The molecule has 0 aliphatic rings. The molecule has 1 aromatic carbocycles. The van der Waals surface area contributed by atoms with Crippen LogP contribution in [0.3, 0.4) is 0 Å². The third-order valence-corrected chi connectivity index (χ3v) is 2.48. The zero-order valence-electron chi connectivity index (χ0n) is 9.37. The number of carbonyl (C=O) groups excluding carboxylic acids is 1. The number of rotatable bonds is 4. The van der Waals surface area contributed by atoms with Gasteiger partial charge in [-0.1, -0.05) is 41.9 Å². The summed E-state index contributed by atoms with van der Waals surface area (Å²) in [5.74, 6) is -0.406. The Kier molecular flexibility index (Phi) is 5.26. The first kappa shape index (κ1) is 13.8. The van der Waals surface area contributed by atoms with E-state index in [1.165, 1.54) is 0 Å². The minimum Gasteiger partial charge on any atom is -0.458 e. The summed E-state index contributed by atoms with van der Waals surface area (Å²) < 4.78 is 4.89. The van der Waals surface area contributed by atoms with E-state index in [1.54, 1.807) is 37.3 Å². The second-order valence-electron chi connectivity index (χ2n) is 3.45. The van der Waals surface area contributed by atoms with Crippen LogP contribution in [0.2, 0.25) is 10.0 Å². The number of carbonyl (C=O) groups is 1.